The minimum atomic E-state index is 0. The molecule has 0 bridgehead atoms. The van der Waals surface area contributed by atoms with Crippen LogP contribution in [0.15, 0.2) is 35.3 Å². The van der Waals surface area contributed by atoms with Crippen LogP contribution in [0.25, 0.3) is 0 Å². The Morgan fingerprint density at radius 3 is 2.09 bits per heavy atom. The molecule has 0 radical (unpaired) electrons. The van der Waals surface area contributed by atoms with E-state index in [4.69, 9.17) is 14.2 Å². The second kappa shape index (κ2) is 17.5. The number of ether oxygens (including phenoxy) is 3. The maximum atomic E-state index is 6.12. The number of hydrogen-bond donors (Lipinski definition) is 2. The number of hydrogen-bond acceptors (Lipinski definition) is 5. The summed E-state index contributed by atoms with van der Waals surface area (Å²) in [7, 11) is 1.81. The molecule has 7 nitrogen and oxygen atoms in total. The summed E-state index contributed by atoms with van der Waals surface area (Å²) in [4.78, 5) is 6.83. The van der Waals surface area contributed by atoms with E-state index in [1.165, 1.54) is 5.56 Å². The Morgan fingerprint density at radius 2 is 1.52 bits per heavy atom. The number of guanidine groups is 1. The van der Waals surface area contributed by atoms with E-state index < -0.39 is 0 Å². The molecule has 8 heteroatoms. The fourth-order valence-corrected chi connectivity index (χ4v) is 4.20. The summed E-state index contributed by atoms with van der Waals surface area (Å²) in [5.74, 6) is 0.852. The number of aliphatic imine (C=N–C) groups is 1. The van der Waals surface area contributed by atoms with Gasteiger partial charge in [-0.25, -0.2) is 0 Å². The number of benzene rings is 1. The third kappa shape index (κ3) is 11.8. The predicted octanol–water partition coefficient (Wildman–Crippen LogP) is 3.43. The lowest BCUT2D eigenvalue weighted by Crippen LogP contribution is -2.39. The first-order valence-corrected chi connectivity index (χ1v) is 12.3. The highest BCUT2D eigenvalue weighted by atomic mass is 127. The van der Waals surface area contributed by atoms with Gasteiger partial charge < -0.3 is 24.8 Å². The van der Waals surface area contributed by atoms with Gasteiger partial charge in [-0.05, 0) is 44.1 Å². The maximum absolute atomic E-state index is 6.12. The molecule has 3 rings (SSSR count). The van der Waals surface area contributed by atoms with E-state index in [2.05, 4.69) is 50.9 Å². The van der Waals surface area contributed by atoms with Crippen molar-refractivity contribution < 1.29 is 14.2 Å². The van der Waals surface area contributed by atoms with Crippen LogP contribution in [0, 0.1) is 0 Å². The van der Waals surface area contributed by atoms with E-state index in [0.717, 1.165) is 104 Å². The smallest absolute Gasteiger partial charge is 0.190 e. The number of halogens is 1. The summed E-state index contributed by atoms with van der Waals surface area (Å²) in [6, 6.07) is 10.7. The van der Waals surface area contributed by atoms with Crippen LogP contribution < -0.4 is 10.6 Å². The van der Waals surface area contributed by atoms with Crippen LogP contribution in [0.5, 0.6) is 0 Å². The Hall–Kier alpha value is -0.940. The fraction of sp³-hybridized carbons (Fsp3) is 0.720. The summed E-state index contributed by atoms with van der Waals surface area (Å²) in [5.41, 5.74) is 1.40. The van der Waals surface area contributed by atoms with Crippen molar-refractivity contribution in [3.8, 4) is 0 Å². The Labute approximate surface area is 217 Å². The third-order valence-corrected chi connectivity index (χ3v) is 6.11. The van der Waals surface area contributed by atoms with Gasteiger partial charge in [0.15, 0.2) is 5.96 Å². The number of likely N-dealkylation sites (tertiary alicyclic amines) is 1. The SMILES string of the molecule is CN=C(NCCCOC1CCOCC1)NCCCOC1CCN(Cc2ccccc2)CC1.I. The molecule has 0 unspecified atom stereocenters. The van der Waals surface area contributed by atoms with E-state index in [1.807, 2.05) is 7.05 Å². The van der Waals surface area contributed by atoms with Crippen molar-refractivity contribution in [1.82, 2.24) is 15.5 Å². The molecule has 0 saturated carbocycles. The Kier molecular flexibility index (Phi) is 15.0. The molecule has 1 aromatic rings. The van der Waals surface area contributed by atoms with Gasteiger partial charge in [0.1, 0.15) is 0 Å². The molecule has 0 atom stereocenters. The average molecular weight is 575 g/mol. The topological polar surface area (TPSA) is 67.4 Å². The van der Waals surface area contributed by atoms with Crippen molar-refractivity contribution in [3.63, 3.8) is 0 Å². The van der Waals surface area contributed by atoms with E-state index in [1.54, 1.807) is 0 Å². The van der Waals surface area contributed by atoms with Gasteiger partial charge in [0.25, 0.3) is 0 Å². The predicted molar refractivity (Wildman–Crippen MR) is 144 cm³/mol. The second-order valence-corrected chi connectivity index (χ2v) is 8.65. The normalized spacial score (nSPS) is 18.6. The van der Waals surface area contributed by atoms with Crippen LogP contribution in [0.1, 0.15) is 44.1 Å². The Morgan fingerprint density at radius 1 is 0.939 bits per heavy atom. The fourth-order valence-electron chi connectivity index (χ4n) is 4.20. The van der Waals surface area contributed by atoms with Gasteiger partial charge in [0.05, 0.1) is 12.2 Å². The zero-order valence-electron chi connectivity index (χ0n) is 20.2. The van der Waals surface area contributed by atoms with Gasteiger partial charge in [-0.3, -0.25) is 9.89 Å². The largest absolute Gasteiger partial charge is 0.381 e. The minimum absolute atomic E-state index is 0. The molecule has 2 aliphatic heterocycles. The first-order valence-electron chi connectivity index (χ1n) is 12.3. The molecule has 2 N–H and O–H groups in total. The highest BCUT2D eigenvalue weighted by Gasteiger charge is 2.19. The highest BCUT2D eigenvalue weighted by Crippen LogP contribution is 2.16. The average Bonchev–Trinajstić information content (AvgIpc) is 2.84. The van der Waals surface area contributed by atoms with E-state index in [-0.39, 0.29) is 24.0 Å². The molecule has 0 amide bonds. The molecule has 2 aliphatic rings. The van der Waals surface area contributed by atoms with Crippen molar-refractivity contribution in [2.24, 2.45) is 4.99 Å². The van der Waals surface area contributed by atoms with Crippen LogP contribution in [0.4, 0.5) is 0 Å². The first kappa shape index (κ1) is 28.3. The van der Waals surface area contributed by atoms with Gasteiger partial charge in [-0.1, -0.05) is 30.3 Å². The molecule has 0 aliphatic carbocycles. The van der Waals surface area contributed by atoms with Crippen molar-refractivity contribution >= 4 is 29.9 Å². The number of piperidine rings is 1. The van der Waals surface area contributed by atoms with Crippen LogP contribution >= 0.6 is 24.0 Å². The van der Waals surface area contributed by atoms with Crippen LogP contribution in [-0.2, 0) is 20.8 Å². The second-order valence-electron chi connectivity index (χ2n) is 8.65. The van der Waals surface area contributed by atoms with E-state index >= 15 is 0 Å². The molecule has 2 heterocycles. The molecule has 2 fully saturated rings. The van der Waals surface area contributed by atoms with Crippen molar-refractivity contribution in [1.29, 1.82) is 0 Å². The number of nitrogens with zero attached hydrogens (tertiary/aromatic N) is 2. The van der Waals surface area contributed by atoms with Crippen LogP contribution in [0.3, 0.4) is 0 Å². The first-order chi connectivity index (χ1) is 15.8. The zero-order valence-corrected chi connectivity index (χ0v) is 22.5. The molecule has 2 saturated heterocycles. The summed E-state index contributed by atoms with van der Waals surface area (Å²) in [6.45, 7) is 8.25. The molecule has 0 spiro atoms. The Bertz CT molecular complexity index is 636. The van der Waals surface area contributed by atoms with Crippen LogP contribution in [0.2, 0.25) is 0 Å². The lowest BCUT2D eigenvalue weighted by Gasteiger charge is -2.32. The molecule has 33 heavy (non-hydrogen) atoms. The van der Waals surface area contributed by atoms with Crippen molar-refractivity contribution in [2.45, 2.75) is 57.3 Å². The minimum Gasteiger partial charge on any atom is -0.381 e. The standard InChI is InChI=1S/C25H42N4O3.HI/c1-26-25(28-14-6-18-32-24-11-19-30-20-12-24)27-13-5-17-31-23-9-15-29(16-10-23)21-22-7-3-2-4-8-22;/h2-4,7-8,23-24H,5-6,9-21H2,1H3,(H2,26,27,28);1H. The number of rotatable bonds is 12. The van der Waals surface area contributed by atoms with E-state index in [0.29, 0.717) is 12.2 Å². The molecular weight excluding hydrogens is 531 g/mol. The molecule has 188 valence electrons. The maximum Gasteiger partial charge on any atom is 0.190 e. The molecular formula is C25H43IN4O3. The van der Waals surface area contributed by atoms with Gasteiger partial charge in [-0.2, -0.15) is 0 Å². The quantitative estimate of drug-likeness (QED) is 0.173. The monoisotopic (exact) mass is 574 g/mol. The lowest BCUT2D eigenvalue weighted by atomic mass is 10.1. The number of nitrogens with one attached hydrogen (secondary N) is 2. The summed E-state index contributed by atoms with van der Waals surface area (Å²) in [6.07, 6.45) is 7.02. The van der Waals surface area contributed by atoms with Crippen LogP contribution in [-0.4, -0.2) is 82.7 Å². The Balaban J connectivity index is 0.00000385. The summed E-state index contributed by atoms with van der Waals surface area (Å²) in [5, 5.41) is 6.74. The zero-order chi connectivity index (χ0) is 22.3. The van der Waals surface area contributed by atoms with Crippen molar-refractivity contribution in [3.05, 3.63) is 35.9 Å². The van der Waals surface area contributed by atoms with E-state index in [9.17, 15) is 0 Å². The van der Waals surface area contributed by atoms with Gasteiger partial charge >= 0.3 is 0 Å². The van der Waals surface area contributed by atoms with Crippen molar-refractivity contribution in [2.75, 3.05) is 59.7 Å². The molecule has 0 aromatic heterocycles. The highest BCUT2D eigenvalue weighted by molar-refractivity contribution is 14.0. The van der Waals surface area contributed by atoms with Gasteiger partial charge in [0, 0.05) is 66.2 Å². The van der Waals surface area contributed by atoms with Gasteiger partial charge in [0.2, 0.25) is 0 Å². The van der Waals surface area contributed by atoms with Gasteiger partial charge in [-0.15, -0.1) is 24.0 Å². The summed E-state index contributed by atoms with van der Waals surface area (Å²) >= 11 is 0. The molecule has 1 aromatic carbocycles. The lowest BCUT2D eigenvalue weighted by molar-refractivity contribution is -0.0320. The third-order valence-electron chi connectivity index (χ3n) is 6.11. The summed E-state index contributed by atoms with van der Waals surface area (Å²) < 4.78 is 17.4.